The van der Waals surface area contributed by atoms with Gasteiger partial charge in [-0.25, -0.2) is 4.98 Å². The van der Waals surface area contributed by atoms with E-state index in [0.29, 0.717) is 12.6 Å². The highest BCUT2D eigenvalue weighted by atomic mass is 32.1. The van der Waals surface area contributed by atoms with Gasteiger partial charge in [0.15, 0.2) is 0 Å². The van der Waals surface area contributed by atoms with E-state index in [1.807, 2.05) is 28.3 Å². The molecule has 0 unspecified atom stereocenters. The van der Waals surface area contributed by atoms with E-state index in [1.165, 1.54) is 0 Å². The van der Waals surface area contributed by atoms with Gasteiger partial charge in [0.05, 0.1) is 4.88 Å². The smallest absolute Gasteiger partial charge is 0.240 e. The Morgan fingerprint density at radius 3 is 3.18 bits per heavy atom. The molecular weight excluding hydrogens is 234 g/mol. The van der Waals surface area contributed by atoms with Crippen LogP contribution in [0.15, 0.2) is 29.9 Å². The molecule has 2 aromatic heterocycles. The maximum atomic E-state index is 11.7. The summed E-state index contributed by atoms with van der Waals surface area (Å²) in [5.74, 6) is 0.939. The Bertz CT molecular complexity index is 514. The molecule has 3 rings (SSSR count). The van der Waals surface area contributed by atoms with Crippen LogP contribution in [0.1, 0.15) is 12.8 Å². The molecule has 1 fully saturated rings. The number of hydrogen-bond acceptors (Lipinski definition) is 3. The van der Waals surface area contributed by atoms with Crippen molar-refractivity contribution in [3.63, 3.8) is 0 Å². The molecule has 0 spiro atoms. The Hall–Kier alpha value is -1.62. The maximum Gasteiger partial charge on any atom is 0.240 e. The van der Waals surface area contributed by atoms with Gasteiger partial charge < -0.3 is 9.88 Å². The van der Waals surface area contributed by atoms with Crippen molar-refractivity contribution in [3.8, 4) is 10.7 Å². The summed E-state index contributed by atoms with van der Waals surface area (Å²) in [5, 5.41) is 4.99. The van der Waals surface area contributed by atoms with Gasteiger partial charge in [-0.1, -0.05) is 6.07 Å². The fraction of sp³-hybridized carbons (Fsp3) is 0.333. The fourth-order valence-electron chi connectivity index (χ4n) is 1.72. The zero-order valence-electron chi connectivity index (χ0n) is 9.30. The molecule has 2 heterocycles. The first-order valence-corrected chi connectivity index (χ1v) is 6.55. The van der Waals surface area contributed by atoms with E-state index in [9.17, 15) is 4.79 Å². The largest absolute Gasteiger partial charge is 0.352 e. The van der Waals surface area contributed by atoms with Crippen LogP contribution in [0, 0.1) is 0 Å². The molecule has 1 aliphatic carbocycles. The summed E-state index contributed by atoms with van der Waals surface area (Å²) >= 11 is 1.63. The average molecular weight is 247 g/mol. The van der Waals surface area contributed by atoms with Crippen LogP contribution in [0.3, 0.4) is 0 Å². The minimum Gasteiger partial charge on any atom is -0.352 e. The number of rotatable bonds is 4. The van der Waals surface area contributed by atoms with Gasteiger partial charge in [0.1, 0.15) is 12.4 Å². The SMILES string of the molecule is O=C(Cn1ccnc1-c1cccs1)NC1CC1. The van der Waals surface area contributed by atoms with Crippen LogP contribution in [0.2, 0.25) is 0 Å². The number of imidazole rings is 1. The van der Waals surface area contributed by atoms with E-state index in [1.54, 1.807) is 17.5 Å². The number of aromatic nitrogens is 2. The molecule has 0 bridgehead atoms. The lowest BCUT2D eigenvalue weighted by molar-refractivity contribution is -0.121. The zero-order chi connectivity index (χ0) is 11.7. The number of carbonyl (C=O) groups is 1. The molecule has 0 radical (unpaired) electrons. The number of amides is 1. The van der Waals surface area contributed by atoms with Gasteiger partial charge in [-0.3, -0.25) is 4.79 Å². The van der Waals surface area contributed by atoms with E-state index in [2.05, 4.69) is 10.3 Å². The molecule has 17 heavy (non-hydrogen) atoms. The minimum absolute atomic E-state index is 0.0725. The molecule has 1 aliphatic rings. The summed E-state index contributed by atoms with van der Waals surface area (Å²) < 4.78 is 1.89. The van der Waals surface area contributed by atoms with Crippen LogP contribution in [-0.2, 0) is 11.3 Å². The molecule has 1 amide bonds. The quantitative estimate of drug-likeness (QED) is 0.896. The molecule has 1 N–H and O–H groups in total. The monoisotopic (exact) mass is 247 g/mol. The number of thiophene rings is 1. The van der Waals surface area contributed by atoms with Gasteiger partial charge in [-0.05, 0) is 24.3 Å². The summed E-state index contributed by atoms with van der Waals surface area (Å²) in [4.78, 5) is 17.1. The van der Waals surface area contributed by atoms with Crippen molar-refractivity contribution < 1.29 is 4.79 Å². The van der Waals surface area contributed by atoms with Gasteiger partial charge in [-0.15, -0.1) is 11.3 Å². The van der Waals surface area contributed by atoms with Gasteiger partial charge in [-0.2, -0.15) is 0 Å². The summed E-state index contributed by atoms with van der Waals surface area (Å²) in [6.07, 6.45) is 5.82. The number of nitrogens with zero attached hydrogens (tertiary/aromatic N) is 2. The van der Waals surface area contributed by atoms with Crippen LogP contribution >= 0.6 is 11.3 Å². The molecule has 0 aromatic carbocycles. The van der Waals surface area contributed by atoms with Crippen molar-refractivity contribution in [1.29, 1.82) is 0 Å². The molecular formula is C12H13N3OS. The Morgan fingerprint density at radius 1 is 1.59 bits per heavy atom. The van der Waals surface area contributed by atoms with E-state index < -0.39 is 0 Å². The van der Waals surface area contributed by atoms with E-state index in [-0.39, 0.29) is 5.91 Å². The highest BCUT2D eigenvalue weighted by molar-refractivity contribution is 7.13. The van der Waals surface area contributed by atoms with Gasteiger partial charge in [0.25, 0.3) is 0 Å². The van der Waals surface area contributed by atoms with Crippen molar-refractivity contribution in [2.24, 2.45) is 0 Å². The third-order valence-electron chi connectivity index (χ3n) is 2.71. The van der Waals surface area contributed by atoms with Crippen molar-refractivity contribution in [3.05, 3.63) is 29.9 Å². The highest BCUT2D eigenvalue weighted by Gasteiger charge is 2.23. The predicted octanol–water partition coefficient (Wildman–Crippen LogP) is 1.89. The first-order valence-electron chi connectivity index (χ1n) is 5.67. The van der Waals surface area contributed by atoms with Crippen molar-refractivity contribution in [2.75, 3.05) is 0 Å². The molecule has 1 saturated carbocycles. The van der Waals surface area contributed by atoms with Crippen molar-refractivity contribution >= 4 is 17.2 Å². The Balaban J connectivity index is 1.74. The second-order valence-corrected chi connectivity index (χ2v) is 5.15. The molecule has 5 heteroatoms. The van der Waals surface area contributed by atoms with Gasteiger partial charge >= 0.3 is 0 Å². The summed E-state index contributed by atoms with van der Waals surface area (Å²) in [6.45, 7) is 0.351. The Morgan fingerprint density at radius 2 is 2.47 bits per heavy atom. The molecule has 0 atom stereocenters. The second kappa shape index (κ2) is 4.33. The lowest BCUT2D eigenvalue weighted by Crippen LogP contribution is -2.29. The van der Waals surface area contributed by atoms with E-state index in [0.717, 1.165) is 23.5 Å². The topological polar surface area (TPSA) is 46.9 Å². The predicted molar refractivity (Wildman–Crippen MR) is 66.7 cm³/mol. The van der Waals surface area contributed by atoms with E-state index >= 15 is 0 Å². The highest BCUT2D eigenvalue weighted by Crippen LogP contribution is 2.23. The fourth-order valence-corrected chi connectivity index (χ4v) is 2.46. The zero-order valence-corrected chi connectivity index (χ0v) is 10.1. The standard InChI is InChI=1S/C12H13N3OS/c16-11(14-9-3-4-9)8-15-6-5-13-12(15)10-2-1-7-17-10/h1-2,5-7,9H,3-4,8H2,(H,14,16). The number of carbonyl (C=O) groups excluding carboxylic acids is 1. The average Bonchev–Trinajstić information content (AvgIpc) is 2.83. The van der Waals surface area contributed by atoms with E-state index in [4.69, 9.17) is 0 Å². The molecule has 88 valence electrons. The summed E-state index contributed by atoms with van der Waals surface area (Å²) in [7, 11) is 0. The second-order valence-electron chi connectivity index (χ2n) is 4.20. The maximum absolute atomic E-state index is 11.7. The normalized spacial score (nSPS) is 14.8. The Labute approximate surface area is 103 Å². The molecule has 4 nitrogen and oxygen atoms in total. The van der Waals surface area contributed by atoms with Crippen LogP contribution in [0.5, 0.6) is 0 Å². The van der Waals surface area contributed by atoms with Gasteiger partial charge in [0, 0.05) is 18.4 Å². The minimum atomic E-state index is 0.0725. The number of hydrogen-bond donors (Lipinski definition) is 1. The van der Waals surface area contributed by atoms with Crippen LogP contribution < -0.4 is 5.32 Å². The van der Waals surface area contributed by atoms with Crippen LogP contribution in [0.4, 0.5) is 0 Å². The third-order valence-corrected chi connectivity index (χ3v) is 3.58. The van der Waals surface area contributed by atoms with Crippen LogP contribution in [0.25, 0.3) is 10.7 Å². The van der Waals surface area contributed by atoms with Crippen molar-refractivity contribution in [2.45, 2.75) is 25.4 Å². The molecule has 2 aromatic rings. The first-order chi connectivity index (χ1) is 8.33. The first kappa shape index (κ1) is 10.5. The molecule has 0 saturated heterocycles. The molecule has 0 aliphatic heterocycles. The summed E-state index contributed by atoms with van der Waals surface area (Å²) in [6, 6.07) is 4.42. The third kappa shape index (κ3) is 2.39. The van der Waals surface area contributed by atoms with Crippen LogP contribution in [-0.4, -0.2) is 21.5 Å². The Kier molecular flexibility index (Phi) is 2.68. The van der Waals surface area contributed by atoms with Gasteiger partial charge in [0.2, 0.25) is 5.91 Å². The lowest BCUT2D eigenvalue weighted by Gasteiger charge is -2.06. The lowest BCUT2D eigenvalue weighted by atomic mass is 10.4. The van der Waals surface area contributed by atoms with Crippen molar-refractivity contribution in [1.82, 2.24) is 14.9 Å². The summed E-state index contributed by atoms with van der Waals surface area (Å²) in [5.41, 5.74) is 0. The number of nitrogens with one attached hydrogen (secondary N) is 1.